The number of nitrogen functional groups attached to an aromatic ring is 1. The van der Waals surface area contributed by atoms with E-state index in [9.17, 15) is 18.0 Å². The van der Waals surface area contributed by atoms with Crippen molar-refractivity contribution in [2.75, 3.05) is 6.61 Å². The van der Waals surface area contributed by atoms with Gasteiger partial charge in [-0.2, -0.15) is 13.2 Å². The van der Waals surface area contributed by atoms with Crippen molar-refractivity contribution >= 4 is 5.91 Å². The molecule has 7 heteroatoms. The summed E-state index contributed by atoms with van der Waals surface area (Å²) >= 11 is 0. The highest BCUT2D eigenvalue weighted by Crippen LogP contribution is 2.21. The predicted molar refractivity (Wildman–Crippen MR) is 54.4 cm³/mol. The number of rotatable bonds is 3. The molecule has 0 bridgehead atoms. The van der Waals surface area contributed by atoms with Gasteiger partial charge in [-0.1, -0.05) is 0 Å². The lowest BCUT2D eigenvalue weighted by Crippen LogP contribution is -2.30. The molecule has 0 saturated carbocycles. The van der Waals surface area contributed by atoms with Gasteiger partial charge in [-0.25, -0.2) is 5.84 Å². The molecular weight excluding hydrogens is 237 g/mol. The summed E-state index contributed by atoms with van der Waals surface area (Å²) in [6.45, 7) is 0.230. The molecule has 0 fully saturated rings. The van der Waals surface area contributed by atoms with Gasteiger partial charge in [0.2, 0.25) is 0 Å². The molecule has 1 rings (SSSR count). The number of amides is 1. The van der Waals surface area contributed by atoms with Crippen molar-refractivity contribution < 1.29 is 22.7 Å². The van der Waals surface area contributed by atoms with E-state index in [0.717, 1.165) is 0 Å². The normalized spacial score (nSPS) is 11.1. The van der Waals surface area contributed by atoms with E-state index < -0.39 is 18.7 Å². The number of hydrazine groups is 1. The van der Waals surface area contributed by atoms with E-state index in [2.05, 4.69) is 4.74 Å². The molecule has 1 aromatic rings. The van der Waals surface area contributed by atoms with Gasteiger partial charge in [-0.05, 0) is 30.7 Å². The van der Waals surface area contributed by atoms with E-state index in [1.807, 2.05) is 5.43 Å². The minimum Gasteiger partial charge on any atom is -0.484 e. The van der Waals surface area contributed by atoms with Crippen LogP contribution in [0.2, 0.25) is 0 Å². The molecule has 1 aromatic carbocycles. The average molecular weight is 248 g/mol. The standard InChI is InChI=1S/C10H11F3N2O2/c1-6-2-7(9(16)15-14)4-8(3-6)17-5-10(11,12)13/h2-4H,5,14H2,1H3,(H,15,16). The molecule has 0 saturated heterocycles. The van der Waals surface area contributed by atoms with Crippen molar-refractivity contribution in [3.05, 3.63) is 29.3 Å². The number of ether oxygens (including phenoxy) is 1. The maximum atomic E-state index is 11.9. The van der Waals surface area contributed by atoms with Gasteiger partial charge in [0.05, 0.1) is 0 Å². The first-order valence-corrected chi connectivity index (χ1v) is 4.64. The SMILES string of the molecule is Cc1cc(OCC(F)(F)F)cc(C(=O)NN)c1. The molecule has 0 atom stereocenters. The maximum absolute atomic E-state index is 11.9. The van der Waals surface area contributed by atoms with Gasteiger partial charge in [-0.15, -0.1) is 0 Å². The van der Waals surface area contributed by atoms with Crippen LogP contribution in [0, 0.1) is 6.92 Å². The fraction of sp³-hybridized carbons (Fsp3) is 0.300. The van der Waals surface area contributed by atoms with Crippen molar-refractivity contribution in [3.63, 3.8) is 0 Å². The molecule has 0 aromatic heterocycles. The van der Waals surface area contributed by atoms with Crippen molar-refractivity contribution in [2.24, 2.45) is 5.84 Å². The van der Waals surface area contributed by atoms with Crippen LogP contribution in [0.4, 0.5) is 13.2 Å². The Morgan fingerprint density at radius 2 is 2.06 bits per heavy atom. The first-order chi connectivity index (χ1) is 7.81. The number of benzene rings is 1. The minimum absolute atomic E-state index is 0.0269. The number of hydrogen-bond donors (Lipinski definition) is 2. The van der Waals surface area contributed by atoms with E-state index in [1.165, 1.54) is 18.2 Å². The Labute approximate surface area is 95.5 Å². The summed E-state index contributed by atoms with van der Waals surface area (Å²) in [6, 6.07) is 4.09. The van der Waals surface area contributed by atoms with Crippen LogP contribution in [0.15, 0.2) is 18.2 Å². The lowest BCUT2D eigenvalue weighted by molar-refractivity contribution is -0.153. The van der Waals surface area contributed by atoms with Crippen LogP contribution in [0.5, 0.6) is 5.75 Å². The quantitative estimate of drug-likeness (QED) is 0.484. The zero-order valence-electron chi connectivity index (χ0n) is 8.97. The lowest BCUT2D eigenvalue weighted by Gasteiger charge is -2.11. The van der Waals surface area contributed by atoms with E-state index in [0.29, 0.717) is 5.56 Å². The minimum atomic E-state index is -4.42. The Morgan fingerprint density at radius 1 is 1.41 bits per heavy atom. The second kappa shape index (κ2) is 5.05. The number of nitrogens with two attached hydrogens (primary N) is 1. The van der Waals surface area contributed by atoms with Crippen LogP contribution in [0.1, 0.15) is 15.9 Å². The van der Waals surface area contributed by atoms with Gasteiger partial charge >= 0.3 is 6.18 Å². The number of carbonyl (C=O) groups is 1. The number of halogens is 3. The molecule has 0 aliphatic heterocycles. The van der Waals surface area contributed by atoms with E-state index in [4.69, 9.17) is 5.84 Å². The summed E-state index contributed by atoms with van der Waals surface area (Å²) in [6.07, 6.45) is -4.42. The van der Waals surface area contributed by atoms with E-state index >= 15 is 0 Å². The number of hydrogen-bond acceptors (Lipinski definition) is 3. The second-order valence-corrected chi connectivity index (χ2v) is 3.41. The van der Waals surface area contributed by atoms with E-state index in [1.54, 1.807) is 6.92 Å². The van der Waals surface area contributed by atoms with Crippen molar-refractivity contribution in [1.82, 2.24) is 5.43 Å². The first-order valence-electron chi connectivity index (χ1n) is 4.64. The number of aryl methyl sites for hydroxylation is 1. The summed E-state index contributed by atoms with van der Waals surface area (Å²) in [5.41, 5.74) is 2.63. The van der Waals surface area contributed by atoms with Gasteiger partial charge < -0.3 is 4.74 Å². The maximum Gasteiger partial charge on any atom is 0.422 e. The summed E-state index contributed by atoms with van der Waals surface area (Å²) in [5.74, 6) is 4.31. The third-order valence-electron chi connectivity index (χ3n) is 1.85. The summed E-state index contributed by atoms with van der Waals surface area (Å²) in [7, 11) is 0. The lowest BCUT2D eigenvalue weighted by atomic mass is 10.1. The summed E-state index contributed by atoms with van der Waals surface area (Å²) < 4.78 is 40.4. The fourth-order valence-electron chi connectivity index (χ4n) is 1.21. The van der Waals surface area contributed by atoms with Gasteiger partial charge in [0, 0.05) is 5.56 Å². The Hall–Kier alpha value is -1.76. The predicted octanol–water partition coefficient (Wildman–Crippen LogP) is 1.54. The number of alkyl halides is 3. The molecule has 3 N–H and O–H groups in total. The molecular formula is C10H11F3N2O2. The van der Waals surface area contributed by atoms with Gasteiger partial charge in [0.25, 0.3) is 5.91 Å². The molecule has 0 aliphatic carbocycles. The number of nitrogens with one attached hydrogen (secondary N) is 1. The molecule has 0 unspecified atom stereocenters. The molecule has 94 valence electrons. The highest BCUT2D eigenvalue weighted by atomic mass is 19.4. The van der Waals surface area contributed by atoms with Crippen LogP contribution in [-0.4, -0.2) is 18.7 Å². The highest BCUT2D eigenvalue weighted by molar-refractivity contribution is 5.94. The summed E-state index contributed by atoms with van der Waals surface area (Å²) in [5, 5.41) is 0. The molecule has 1 amide bonds. The van der Waals surface area contributed by atoms with Crippen LogP contribution in [0.25, 0.3) is 0 Å². The Morgan fingerprint density at radius 3 is 2.59 bits per heavy atom. The van der Waals surface area contributed by atoms with Crippen LogP contribution in [0.3, 0.4) is 0 Å². The zero-order valence-corrected chi connectivity index (χ0v) is 8.97. The van der Waals surface area contributed by atoms with Crippen molar-refractivity contribution in [3.8, 4) is 5.75 Å². The van der Waals surface area contributed by atoms with Crippen molar-refractivity contribution in [2.45, 2.75) is 13.1 Å². The summed E-state index contributed by atoms with van der Waals surface area (Å²) in [4.78, 5) is 11.2. The third-order valence-corrected chi connectivity index (χ3v) is 1.85. The zero-order chi connectivity index (χ0) is 13.1. The average Bonchev–Trinajstić information content (AvgIpc) is 2.23. The third kappa shape index (κ3) is 4.31. The Kier molecular flexibility index (Phi) is 3.95. The monoisotopic (exact) mass is 248 g/mol. The molecule has 4 nitrogen and oxygen atoms in total. The van der Waals surface area contributed by atoms with Gasteiger partial charge in [0.15, 0.2) is 6.61 Å². The number of carbonyl (C=O) groups excluding carboxylic acids is 1. The van der Waals surface area contributed by atoms with Crippen LogP contribution in [-0.2, 0) is 0 Å². The first kappa shape index (κ1) is 13.3. The highest BCUT2D eigenvalue weighted by Gasteiger charge is 2.28. The van der Waals surface area contributed by atoms with Gasteiger partial charge in [0.1, 0.15) is 5.75 Å². The molecule has 0 spiro atoms. The molecule has 17 heavy (non-hydrogen) atoms. The Balaban J connectivity index is 2.86. The van der Waals surface area contributed by atoms with Crippen molar-refractivity contribution in [1.29, 1.82) is 0 Å². The fourth-order valence-corrected chi connectivity index (χ4v) is 1.21. The van der Waals surface area contributed by atoms with Crippen LogP contribution >= 0.6 is 0 Å². The smallest absolute Gasteiger partial charge is 0.422 e. The topological polar surface area (TPSA) is 64.3 Å². The van der Waals surface area contributed by atoms with E-state index in [-0.39, 0.29) is 11.3 Å². The largest absolute Gasteiger partial charge is 0.484 e. The molecule has 0 radical (unpaired) electrons. The van der Waals surface area contributed by atoms with Crippen LogP contribution < -0.4 is 16.0 Å². The molecule has 0 heterocycles. The second-order valence-electron chi connectivity index (χ2n) is 3.41. The molecule has 0 aliphatic rings. The van der Waals surface area contributed by atoms with Gasteiger partial charge in [-0.3, -0.25) is 10.2 Å². The Bertz CT molecular complexity index is 419.